The quantitative estimate of drug-likeness (QED) is 0.512. The second-order valence-corrected chi connectivity index (χ2v) is 5.25. The van der Waals surface area contributed by atoms with E-state index in [-0.39, 0.29) is 11.8 Å². The van der Waals surface area contributed by atoms with Crippen LogP contribution >= 0.6 is 0 Å². The van der Waals surface area contributed by atoms with Crippen LogP contribution in [0.4, 0.5) is 22.7 Å². The zero-order chi connectivity index (χ0) is 18.1. The molecule has 7 nitrogen and oxygen atoms in total. The summed E-state index contributed by atoms with van der Waals surface area (Å²) in [5.74, 6) is -0.108. The van der Waals surface area contributed by atoms with Gasteiger partial charge in [0.25, 0.3) is 0 Å². The summed E-state index contributed by atoms with van der Waals surface area (Å²) in [7, 11) is 0. The molecular weight excluding hydrogens is 318 g/mol. The van der Waals surface area contributed by atoms with Gasteiger partial charge in [0, 0.05) is 24.2 Å². The minimum atomic E-state index is -0.0573. The summed E-state index contributed by atoms with van der Waals surface area (Å²) in [4.78, 5) is 22.8. The van der Waals surface area contributed by atoms with Gasteiger partial charge in [-0.05, 0) is 36.4 Å². The molecule has 0 radical (unpaired) electrons. The molecule has 2 amide bonds. The van der Waals surface area contributed by atoms with Crippen molar-refractivity contribution >= 4 is 34.6 Å². The Labute approximate surface area is 146 Å². The Bertz CT molecular complexity index is 774. The zero-order valence-corrected chi connectivity index (χ0v) is 14.2. The number of hydrogen-bond donors (Lipinski definition) is 3. The van der Waals surface area contributed by atoms with Crippen molar-refractivity contribution in [2.45, 2.75) is 26.7 Å². The molecular formula is C18H21N5O2. The number of nitrogens with zero attached hydrogens (tertiary/aromatic N) is 2. The van der Waals surface area contributed by atoms with E-state index >= 15 is 0 Å². The number of nitrogens with one attached hydrogen (secondary N) is 3. The van der Waals surface area contributed by atoms with Crippen molar-refractivity contribution in [3.8, 4) is 0 Å². The fourth-order valence-corrected chi connectivity index (χ4v) is 1.95. The average molecular weight is 339 g/mol. The third-order valence-corrected chi connectivity index (χ3v) is 3.26. The van der Waals surface area contributed by atoms with Crippen molar-refractivity contribution in [2.75, 3.05) is 16.1 Å². The highest BCUT2D eigenvalue weighted by molar-refractivity contribution is 5.91. The van der Waals surface area contributed by atoms with Crippen molar-refractivity contribution in [1.29, 1.82) is 0 Å². The lowest BCUT2D eigenvalue weighted by atomic mass is 10.2. The van der Waals surface area contributed by atoms with Crippen molar-refractivity contribution in [2.24, 2.45) is 10.3 Å². The molecule has 0 aliphatic heterocycles. The summed E-state index contributed by atoms with van der Waals surface area (Å²) in [5, 5.41) is 13.6. The Balaban J connectivity index is 1.99. The number of carbonyl (C=O) groups excluding carboxylic acids is 2. The molecule has 0 fully saturated rings. The lowest BCUT2D eigenvalue weighted by molar-refractivity contribution is -0.116. The van der Waals surface area contributed by atoms with Crippen LogP contribution in [-0.2, 0) is 9.59 Å². The van der Waals surface area contributed by atoms with Crippen LogP contribution < -0.4 is 16.1 Å². The van der Waals surface area contributed by atoms with Crippen LogP contribution in [0.1, 0.15) is 26.7 Å². The lowest BCUT2D eigenvalue weighted by Crippen LogP contribution is -2.09. The molecule has 7 heteroatoms. The van der Waals surface area contributed by atoms with E-state index in [0.717, 1.165) is 0 Å². The third-order valence-electron chi connectivity index (χ3n) is 3.26. The molecule has 0 atom stereocenters. The fraction of sp³-hybridized carbons (Fsp3) is 0.222. The van der Waals surface area contributed by atoms with Crippen molar-refractivity contribution in [1.82, 2.24) is 0 Å². The minimum Gasteiger partial charge on any atom is -0.326 e. The SMILES string of the molecule is CCC(=O)Nc1cccc(/N=N/Nc2cccc(NC(=O)CC)c2)c1. The molecule has 3 N–H and O–H groups in total. The fourth-order valence-electron chi connectivity index (χ4n) is 1.95. The lowest BCUT2D eigenvalue weighted by Gasteiger charge is -2.06. The van der Waals surface area contributed by atoms with E-state index in [2.05, 4.69) is 26.4 Å². The number of amides is 2. The van der Waals surface area contributed by atoms with Gasteiger partial charge in [-0.3, -0.25) is 15.0 Å². The van der Waals surface area contributed by atoms with E-state index in [1.54, 1.807) is 50.2 Å². The topological polar surface area (TPSA) is 94.9 Å². The first-order valence-corrected chi connectivity index (χ1v) is 8.07. The Morgan fingerprint density at radius 2 is 1.40 bits per heavy atom. The van der Waals surface area contributed by atoms with E-state index in [4.69, 9.17) is 0 Å². The number of benzene rings is 2. The monoisotopic (exact) mass is 339 g/mol. The van der Waals surface area contributed by atoms with Crippen LogP contribution in [0.3, 0.4) is 0 Å². The Morgan fingerprint density at radius 3 is 2.04 bits per heavy atom. The predicted octanol–water partition coefficient (Wildman–Crippen LogP) is 4.49. The van der Waals surface area contributed by atoms with Crippen LogP contribution in [0.25, 0.3) is 0 Å². The zero-order valence-electron chi connectivity index (χ0n) is 14.2. The molecule has 2 aromatic rings. The molecule has 0 unspecified atom stereocenters. The van der Waals surface area contributed by atoms with Gasteiger partial charge >= 0.3 is 0 Å². The largest absolute Gasteiger partial charge is 0.326 e. The summed E-state index contributed by atoms with van der Waals surface area (Å²) < 4.78 is 0. The van der Waals surface area contributed by atoms with E-state index in [1.165, 1.54) is 0 Å². The molecule has 0 aliphatic rings. The highest BCUT2D eigenvalue weighted by Crippen LogP contribution is 2.20. The molecule has 0 aliphatic carbocycles. The van der Waals surface area contributed by atoms with Gasteiger partial charge in [0.1, 0.15) is 0 Å². The highest BCUT2D eigenvalue weighted by atomic mass is 16.2. The van der Waals surface area contributed by atoms with E-state index in [1.807, 2.05) is 12.1 Å². The van der Waals surface area contributed by atoms with Crippen LogP contribution in [0.15, 0.2) is 58.9 Å². The first kappa shape index (κ1) is 18.1. The van der Waals surface area contributed by atoms with Crippen molar-refractivity contribution in [3.63, 3.8) is 0 Å². The summed E-state index contributed by atoms with van der Waals surface area (Å²) >= 11 is 0. The molecule has 2 aromatic carbocycles. The van der Waals surface area contributed by atoms with Gasteiger partial charge in [0.05, 0.1) is 11.4 Å². The van der Waals surface area contributed by atoms with Crippen molar-refractivity contribution in [3.05, 3.63) is 48.5 Å². The smallest absolute Gasteiger partial charge is 0.224 e. The first-order chi connectivity index (χ1) is 12.1. The molecule has 0 saturated carbocycles. The van der Waals surface area contributed by atoms with Crippen LogP contribution in [-0.4, -0.2) is 11.8 Å². The van der Waals surface area contributed by atoms with Crippen LogP contribution in [0.5, 0.6) is 0 Å². The Kier molecular flexibility index (Phi) is 6.65. The summed E-state index contributed by atoms with van der Waals surface area (Å²) in [6.07, 6.45) is 0.834. The van der Waals surface area contributed by atoms with Gasteiger partial charge in [0.2, 0.25) is 11.8 Å². The third kappa shape index (κ3) is 6.06. The molecule has 130 valence electrons. The van der Waals surface area contributed by atoms with E-state index < -0.39 is 0 Å². The number of rotatable bonds is 7. The maximum atomic E-state index is 11.4. The van der Waals surface area contributed by atoms with Gasteiger partial charge in [-0.1, -0.05) is 31.2 Å². The highest BCUT2D eigenvalue weighted by Gasteiger charge is 2.01. The maximum Gasteiger partial charge on any atom is 0.224 e. The standard InChI is InChI=1S/C18H21N5O2/c1-3-17(24)19-13-7-5-9-15(11-13)21-23-22-16-10-6-8-14(12-16)20-18(25)4-2/h5-12H,3-4H2,1-2H3,(H,19,24)(H,20,25)(H,21,22). The van der Waals surface area contributed by atoms with Gasteiger partial charge < -0.3 is 10.6 Å². The molecule has 0 aromatic heterocycles. The summed E-state index contributed by atoms with van der Waals surface area (Å²) in [6, 6.07) is 14.3. The normalized spacial score (nSPS) is 10.5. The predicted molar refractivity (Wildman–Crippen MR) is 98.9 cm³/mol. The maximum absolute atomic E-state index is 11.4. The molecule has 0 heterocycles. The van der Waals surface area contributed by atoms with Crippen LogP contribution in [0, 0.1) is 0 Å². The van der Waals surface area contributed by atoms with E-state index in [0.29, 0.717) is 35.6 Å². The Hall–Kier alpha value is -3.22. The van der Waals surface area contributed by atoms with Gasteiger partial charge in [-0.15, -0.1) is 5.11 Å². The molecule has 0 spiro atoms. The molecule has 0 bridgehead atoms. The minimum absolute atomic E-state index is 0.0512. The van der Waals surface area contributed by atoms with Gasteiger partial charge in [-0.2, -0.15) is 0 Å². The first-order valence-electron chi connectivity index (χ1n) is 8.07. The molecule has 25 heavy (non-hydrogen) atoms. The van der Waals surface area contributed by atoms with Crippen molar-refractivity contribution < 1.29 is 9.59 Å². The summed E-state index contributed by atoms with van der Waals surface area (Å²) in [5.41, 5.74) is 5.49. The van der Waals surface area contributed by atoms with E-state index in [9.17, 15) is 9.59 Å². The second kappa shape index (κ2) is 9.17. The second-order valence-electron chi connectivity index (χ2n) is 5.25. The number of carbonyl (C=O) groups is 2. The van der Waals surface area contributed by atoms with Gasteiger partial charge in [0.15, 0.2) is 0 Å². The average Bonchev–Trinajstić information content (AvgIpc) is 2.62. The van der Waals surface area contributed by atoms with Gasteiger partial charge in [-0.25, -0.2) is 0 Å². The molecule has 0 saturated heterocycles. The van der Waals surface area contributed by atoms with Crippen LogP contribution in [0.2, 0.25) is 0 Å². The Morgan fingerprint density at radius 1 is 0.840 bits per heavy atom. The number of anilines is 3. The number of hydrogen-bond acceptors (Lipinski definition) is 4. The summed E-state index contributed by atoms with van der Waals surface area (Å²) in [6.45, 7) is 3.59. The molecule has 2 rings (SSSR count).